The summed E-state index contributed by atoms with van der Waals surface area (Å²) in [6.07, 6.45) is 5.61. The average Bonchev–Trinajstić information content (AvgIpc) is 3.08. The number of likely N-dealkylation sites (tertiary alicyclic amines) is 1. The first-order valence-electron chi connectivity index (χ1n) is 10.1. The smallest absolute Gasteiger partial charge is 0.317 e. The fourth-order valence-corrected chi connectivity index (χ4v) is 4.04. The molecule has 0 aliphatic carbocycles. The molecular formula is C22H27N5O2. The minimum Gasteiger partial charge on any atom is -0.496 e. The molecule has 3 aromatic rings. The van der Waals surface area contributed by atoms with E-state index in [2.05, 4.69) is 19.9 Å². The van der Waals surface area contributed by atoms with Gasteiger partial charge in [0, 0.05) is 37.9 Å². The molecule has 0 saturated carbocycles. The lowest BCUT2D eigenvalue weighted by atomic mass is 9.97. The lowest BCUT2D eigenvalue weighted by Crippen LogP contribution is -2.44. The molecule has 0 spiro atoms. The molecule has 4 rings (SSSR count). The SMILES string of the molecule is COc1ccccc1CNC(=O)N1CCC(Cn2c(C)nc3cnccc32)CC1. The largest absolute Gasteiger partial charge is 0.496 e. The van der Waals surface area contributed by atoms with Gasteiger partial charge in [0.25, 0.3) is 0 Å². The van der Waals surface area contributed by atoms with Crippen molar-refractivity contribution in [2.75, 3.05) is 20.2 Å². The summed E-state index contributed by atoms with van der Waals surface area (Å²) in [5, 5.41) is 3.02. The first kappa shape index (κ1) is 19.2. The van der Waals surface area contributed by atoms with E-state index in [1.165, 1.54) is 0 Å². The van der Waals surface area contributed by atoms with Crippen LogP contribution in [0.5, 0.6) is 5.75 Å². The third-order valence-electron chi connectivity index (χ3n) is 5.71. The molecule has 0 unspecified atom stereocenters. The van der Waals surface area contributed by atoms with Crippen LogP contribution in [0, 0.1) is 12.8 Å². The van der Waals surface area contributed by atoms with Crippen LogP contribution >= 0.6 is 0 Å². The van der Waals surface area contributed by atoms with Crippen molar-refractivity contribution in [1.29, 1.82) is 0 Å². The molecule has 1 aromatic carbocycles. The molecule has 2 aromatic heterocycles. The number of carbonyl (C=O) groups is 1. The minimum absolute atomic E-state index is 0.00954. The molecule has 1 fully saturated rings. The quantitative estimate of drug-likeness (QED) is 0.721. The molecule has 152 valence electrons. The van der Waals surface area contributed by atoms with Gasteiger partial charge >= 0.3 is 6.03 Å². The Bertz CT molecular complexity index is 992. The molecule has 29 heavy (non-hydrogen) atoms. The van der Waals surface area contributed by atoms with Gasteiger partial charge in [0.05, 0.1) is 18.8 Å². The lowest BCUT2D eigenvalue weighted by molar-refractivity contribution is 0.165. The number of ether oxygens (including phenoxy) is 1. The number of pyridine rings is 1. The van der Waals surface area contributed by atoms with Gasteiger partial charge in [-0.05, 0) is 37.8 Å². The van der Waals surface area contributed by atoms with Crippen LogP contribution in [0.25, 0.3) is 11.0 Å². The number of nitrogens with zero attached hydrogens (tertiary/aromatic N) is 4. The van der Waals surface area contributed by atoms with Crippen molar-refractivity contribution in [3.63, 3.8) is 0 Å². The molecule has 0 radical (unpaired) electrons. The zero-order valence-corrected chi connectivity index (χ0v) is 17.0. The third-order valence-corrected chi connectivity index (χ3v) is 5.71. The van der Waals surface area contributed by atoms with Crippen LogP contribution in [0.15, 0.2) is 42.7 Å². The molecule has 1 aliphatic rings. The molecule has 3 heterocycles. The van der Waals surface area contributed by atoms with Crippen LogP contribution in [0.1, 0.15) is 24.2 Å². The fraction of sp³-hybridized carbons (Fsp3) is 0.409. The summed E-state index contributed by atoms with van der Waals surface area (Å²) in [5.74, 6) is 2.35. The topological polar surface area (TPSA) is 72.3 Å². The maximum atomic E-state index is 12.6. The van der Waals surface area contributed by atoms with E-state index in [-0.39, 0.29) is 6.03 Å². The zero-order valence-electron chi connectivity index (χ0n) is 17.0. The van der Waals surface area contributed by atoms with E-state index >= 15 is 0 Å². The second kappa shape index (κ2) is 8.51. The standard InChI is InChI=1S/C22H27N5O2/c1-16-25-19-14-23-10-7-20(19)27(16)15-17-8-11-26(12-9-17)22(28)24-13-18-5-3-4-6-21(18)29-2/h3-7,10,14,17H,8-9,11-13,15H2,1-2H3,(H,24,28). The van der Waals surface area contributed by atoms with E-state index in [1.807, 2.05) is 54.5 Å². The van der Waals surface area contributed by atoms with Crippen molar-refractivity contribution in [3.05, 3.63) is 54.1 Å². The van der Waals surface area contributed by atoms with E-state index in [1.54, 1.807) is 7.11 Å². The van der Waals surface area contributed by atoms with Crippen LogP contribution in [-0.4, -0.2) is 45.7 Å². The molecule has 2 amide bonds. The van der Waals surface area contributed by atoms with Crippen molar-refractivity contribution >= 4 is 17.1 Å². The summed E-state index contributed by atoms with van der Waals surface area (Å²) in [5.41, 5.74) is 3.06. The summed E-state index contributed by atoms with van der Waals surface area (Å²) in [4.78, 5) is 23.3. The van der Waals surface area contributed by atoms with Gasteiger partial charge < -0.3 is 19.5 Å². The number of rotatable bonds is 5. The highest BCUT2D eigenvalue weighted by molar-refractivity contribution is 5.75. The molecule has 1 N–H and O–H groups in total. The number of urea groups is 1. The Labute approximate surface area is 170 Å². The average molecular weight is 393 g/mol. The second-order valence-corrected chi connectivity index (χ2v) is 7.53. The van der Waals surface area contributed by atoms with Crippen molar-refractivity contribution in [2.45, 2.75) is 32.9 Å². The Kier molecular flexibility index (Phi) is 5.64. The Morgan fingerprint density at radius 3 is 2.83 bits per heavy atom. The summed E-state index contributed by atoms with van der Waals surface area (Å²) >= 11 is 0. The van der Waals surface area contributed by atoms with Crippen molar-refractivity contribution in [2.24, 2.45) is 5.92 Å². The number of fused-ring (bicyclic) bond motifs is 1. The Morgan fingerprint density at radius 1 is 1.24 bits per heavy atom. The number of carbonyl (C=O) groups excluding carboxylic acids is 1. The van der Waals surface area contributed by atoms with Gasteiger partial charge in [-0.25, -0.2) is 9.78 Å². The number of aryl methyl sites for hydroxylation is 1. The summed E-state index contributed by atoms with van der Waals surface area (Å²) in [6, 6.07) is 9.77. The number of aromatic nitrogens is 3. The Hall–Kier alpha value is -3.09. The van der Waals surface area contributed by atoms with Gasteiger partial charge in [-0.2, -0.15) is 0 Å². The second-order valence-electron chi connectivity index (χ2n) is 7.53. The lowest BCUT2D eigenvalue weighted by Gasteiger charge is -2.32. The number of piperidine rings is 1. The van der Waals surface area contributed by atoms with Crippen LogP contribution in [0.2, 0.25) is 0 Å². The summed E-state index contributed by atoms with van der Waals surface area (Å²) in [6.45, 7) is 4.99. The van der Waals surface area contributed by atoms with Crippen LogP contribution in [-0.2, 0) is 13.1 Å². The maximum Gasteiger partial charge on any atom is 0.317 e. The highest BCUT2D eigenvalue weighted by atomic mass is 16.5. The van der Waals surface area contributed by atoms with Crippen molar-refractivity contribution < 1.29 is 9.53 Å². The van der Waals surface area contributed by atoms with E-state index < -0.39 is 0 Å². The van der Waals surface area contributed by atoms with Gasteiger partial charge in [-0.3, -0.25) is 4.98 Å². The number of imidazole rings is 1. The predicted octanol–water partition coefficient (Wildman–Crippen LogP) is 3.37. The monoisotopic (exact) mass is 393 g/mol. The van der Waals surface area contributed by atoms with Crippen LogP contribution in [0.3, 0.4) is 0 Å². The third kappa shape index (κ3) is 4.18. The van der Waals surface area contributed by atoms with Crippen LogP contribution < -0.4 is 10.1 Å². The fourth-order valence-electron chi connectivity index (χ4n) is 4.04. The number of methoxy groups -OCH3 is 1. The molecule has 7 heteroatoms. The number of hydrogen-bond donors (Lipinski definition) is 1. The minimum atomic E-state index is -0.00954. The van der Waals surface area contributed by atoms with Gasteiger partial charge in [0.15, 0.2) is 0 Å². The van der Waals surface area contributed by atoms with E-state index in [0.717, 1.165) is 60.6 Å². The molecule has 0 atom stereocenters. The van der Waals surface area contributed by atoms with Gasteiger partial charge in [-0.1, -0.05) is 18.2 Å². The van der Waals surface area contributed by atoms with Crippen molar-refractivity contribution in [1.82, 2.24) is 24.8 Å². The van der Waals surface area contributed by atoms with Crippen LogP contribution in [0.4, 0.5) is 4.79 Å². The normalized spacial score (nSPS) is 14.9. The number of benzene rings is 1. The number of para-hydroxylation sites is 1. The van der Waals surface area contributed by atoms with E-state index in [9.17, 15) is 4.79 Å². The molecule has 0 bridgehead atoms. The highest BCUT2D eigenvalue weighted by Gasteiger charge is 2.24. The first-order chi connectivity index (χ1) is 14.2. The molecule has 1 aliphatic heterocycles. The predicted molar refractivity (Wildman–Crippen MR) is 112 cm³/mol. The Morgan fingerprint density at radius 2 is 2.03 bits per heavy atom. The highest BCUT2D eigenvalue weighted by Crippen LogP contribution is 2.23. The zero-order chi connectivity index (χ0) is 20.2. The Balaban J connectivity index is 1.31. The van der Waals surface area contributed by atoms with E-state index in [4.69, 9.17) is 4.74 Å². The maximum absolute atomic E-state index is 12.6. The van der Waals surface area contributed by atoms with Gasteiger partial charge in [0.2, 0.25) is 0 Å². The summed E-state index contributed by atoms with van der Waals surface area (Å²) < 4.78 is 7.63. The number of amides is 2. The molecular weight excluding hydrogens is 366 g/mol. The van der Waals surface area contributed by atoms with Crippen molar-refractivity contribution in [3.8, 4) is 5.75 Å². The molecule has 1 saturated heterocycles. The first-order valence-corrected chi connectivity index (χ1v) is 10.1. The van der Waals surface area contributed by atoms with Gasteiger partial charge in [0.1, 0.15) is 17.1 Å². The van der Waals surface area contributed by atoms with E-state index in [0.29, 0.717) is 12.5 Å². The number of nitrogens with one attached hydrogen (secondary N) is 1. The number of hydrogen-bond acceptors (Lipinski definition) is 4. The molecule has 7 nitrogen and oxygen atoms in total. The van der Waals surface area contributed by atoms with Gasteiger partial charge in [-0.15, -0.1) is 0 Å². The summed E-state index contributed by atoms with van der Waals surface area (Å²) in [7, 11) is 1.65.